The number of benzene rings is 2. The Morgan fingerprint density at radius 1 is 1.10 bits per heavy atom. The lowest BCUT2D eigenvalue weighted by Gasteiger charge is -2.24. The summed E-state index contributed by atoms with van der Waals surface area (Å²) in [6.07, 6.45) is 1.63. The molecule has 10 heteroatoms. The van der Waals surface area contributed by atoms with E-state index in [4.69, 9.17) is 19.0 Å². The first-order valence-electron chi connectivity index (χ1n) is 12.1. The third kappa shape index (κ3) is 4.94. The Bertz CT molecular complexity index is 1770. The lowest BCUT2D eigenvalue weighted by atomic mass is 9.96. The molecule has 1 aliphatic heterocycles. The van der Waals surface area contributed by atoms with E-state index in [1.165, 1.54) is 28.0 Å². The summed E-state index contributed by atoms with van der Waals surface area (Å²) in [4.78, 5) is 42.9. The van der Waals surface area contributed by atoms with Crippen LogP contribution in [0.1, 0.15) is 41.6 Å². The van der Waals surface area contributed by atoms with Gasteiger partial charge in [-0.15, -0.1) is 0 Å². The number of carbonyl (C=O) groups excluding carboxylic acids is 1. The van der Waals surface area contributed by atoms with E-state index in [0.29, 0.717) is 49.0 Å². The van der Waals surface area contributed by atoms with Crippen LogP contribution in [0.25, 0.3) is 17.4 Å². The number of aromatic nitrogens is 1. The van der Waals surface area contributed by atoms with Crippen molar-refractivity contribution < 1.29 is 28.6 Å². The molecule has 0 aliphatic carbocycles. The van der Waals surface area contributed by atoms with E-state index in [2.05, 4.69) is 4.99 Å². The Morgan fingerprint density at radius 3 is 2.46 bits per heavy atom. The van der Waals surface area contributed by atoms with Crippen LogP contribution in [0.4, 0.5) is 0 Å². The summed E-state index contributed by atoms with van der Waals surface area (Å²) < 4.78 is 18.4. The number of hydrogen-bond acceptors (Lipinski definition) is 8. The van der Waals surface area contributed by atoms with E-state index in [0.717, 1.165) is 0 Å². The SMILES string of the molecule is CCOC(=O)C1=C(C)N=c2s/c(=C/c3ccc(-c4ccc(C(=O)O)cc4)o3)c(=O)n2[C@@H]1c1ccc(OC)cc1. The number of hydrogen-bond donors (Lipinski definition) is 1. The molecule has 0 saturated heterocycles. The third-order valence-corrected chi connectivity index (χ3v) is 7.25. The molecule has 9 nitrogen and oxygen atoms in total. The van der Waals surface area contributed by atoms with Gasteiger partial charge in [0.1, 0.15) is 17.3 Å². The molecule has 4 aromatic rings. The zero-order valence-corrected chi connectivity index (χ0v) is 22.2. The highest BCUT2D eigenvalue weighted by molar-refractivity contribution is 7.07. The van der Waals surface area contributed by atoms with Crippen LogP contribution in [-0.2, 0) is 9.53 Å². The molecular weight excluding hydrogens is 520 g/mol. The van der Waals surface area contributed by atoms with Gasteiger partial charge in [-0.05, 0) is 55.8 Å². The number of fused-ring (bicyclic) bond motifs is 1. The summed E-state index contributed by atoms with van der Waals surface area (Å²) in [6, 6.07) is 16.3. The largest absolute Gasteiger partial charge is 0.497 e. The van der Waals surface area contributed by atoms with Gasteiger partial charge in [0.2, 0.25) is 0 Å². The maximum Gasteiger partial charge on any atom is 0.338 e. The highest BCUT2D eigenvalue weighted by Gasteiger charge is 2.33. The van der Waals surface area contributed by atoms with Gasteiger partial charge in [-0.1, -0.05) is 35.6 Å². The van der Waals surface area contributed by atoms with Gasteiger partial charge in [0.25, 0.3) is 5.56 Å². The first-order chi connectivity index (χ1) is 18.8. The molecule has 1 N–H and O–H groups in total. The van der Waals surface area contributed by atoms with Gasteiger partial charge >= 0.3 is 11.9 Å². The molecule has 0 saturated carbocycles. The second-order valence-electron chi connectivity index (χ2n) is 8.66. The van der Waals surface area contributed by atoms with E-state index in [-0.39, 0.29) is 17.7 Å². The molecule has 198 valence electrons. The van der Waals surface area contributed by atoms with Crippen molar-refractivity contribution in [2.45, 2.75) is 19.9 Å². The van der Waals surface area contributed by atoms with Gasteiger partial charge in [-0.3, -0.25) is 9.36 Å². The molecule has 0 bridgehead atoms. The van der Waals surface area contributed by atoms with Crippen LogP contribution in [0.15, 0.2) is 86.1 Å². The number of ether oxygens (including phenoxy) is 2. The van der Waals surface area contributed by atoms with Crippen molar-refractivity contribution in [3.05, 3.63) is 109 Å². The second kappa shape index (κ2) is 10.6. The Hall–Kier alpha value is -4.70. The predicted octanol–water partition coefficient (Wildman–Crippen LogP) is 3.77. The summed E-state index contributed by atoms with van der Waals surface area (Å²) in [5.41, 5.74) is 2.05. The lowest BCUT2D eigenvalue weighted by molar-refractivity contribution is -0.139. The molecule has 5 rings (SSSR count). The number of furan rings is 1. The van der Waals surface area contributed by atoms with Crippen LogP contribution in [0.2, 0.25) is 0 Å². The fourth-order valence-electron chi connectivity index (χ4n) is 4.38. The number of nitrogens with zero attached hydrogens (tertiary/aromatic N) is 2. The molecule has 3 heterocycles. The Kier molecular flexibility index (Phi) is 7.03. The van der Waals surface area contributed by atoms with E-state index in [1.807, 2.05) is 12.1 Å². The number of carboxylic acid groups (broad SMARTS) is 1. The quantitative estimate of drug-likeness (QED) is 0.352. The topological polar surface area (TPSA) is 120 Å². The zero-order chi connectivity index (χ0) is 27.7. The minimum absolute atomic E-state index is 0.176. The van der Waals surface area contributed by atoms with Gasteiger partial charge in [-0.2, -0.15) is 0 Å². The van der Waals surface area contributed by atoms with Gasteiger partial charge in [0, 0.05) is 11.6 Å². The summed E-state index contributed by atoms with van der Waals surface area (Å²) >= 11 is 1.20. The molecule has 1 atom stereocenters. The molecular formula is C29H24N2O7S. The highest BCUT2D eigenvalue weighted by atomic mass is 32.1. The van der Waals surface area contributed by atoms with Crippen molar-refractivity contribution in [1.29, 1.82) is 0 Å². The van der Waals surface area contributed by atoms with Crippen LogP contribution in [-0.4, -0.2) is 35.3 Å². The summed E-state index contributed by atoms with van der Waals surface area (Å²) in [7, 11) is 1.57. The summed E-state index contributed by atoms with van der Waals surface area (Å²) in [6.45, 7) is 3.65. The molecule has 39 heavy (non-hydrogen) atoms. The molecule has 0 unspecified atom stereocenters. The van der Waals surface area contributed by atoms with Crippen LogP contribution >= 0.6 is 11.3 Å². The molecule has 0 amide bonds. The van der Waals surface area contributed by atoms with E-state index >= 15 is 0 Å². The molecule has 1 aliphatic rings. The average molecular weight is 545 g/mol. The average Bonchev–Trinajstić information content (AvgIpc) is 3.52. The Labute approximate surface area is 226 Å². The van der Waals surface area contributed by atoms with E-state index in [9.17, 15) is 14.4 Å². The van der Waals surface area contributed by atoms with Gasteiger partial charge < -0.3 is 19.0 Å². The first kappa shape index (κ1) is 25.9. The Morgan fingerprint density at radius 2 is 1.82 bits per heavy atom. The maximum atomic E-state index is 13.7. The number of carbonyl (C=O) groups is 2. The fourth-order valence-corrected chi connectivity index (χ4v) is 5.41. The maximum absolute atomic E-state index is 13.7. The molecule has 0 fully saturated rings. The number of thiazole rings is 1. The molecule has 2 aromatic carbocycles. The van der Waals surface area contributed by atoms with Gasteiger partial charge in [0.05, 0.1) is 41.1 Å². The van der Waals surface area contributed by atoms with E-state index < -0.39 is 18.0 Å². The van der Waals surface area contributed by atoms with Crippen molar-refractivity contribution in [1.82, 2.24) is 4.57 Å². The normalized spacial score (nSPS) is 15.1. The monoisotopic (exact) mass is 544 g/mol. The van der Waals surface area contributed by atoms with Crippen molar-refractivity contribution >= 4 is 29.4 Å². The van der Waals surface area contributed by atoms with Crippen molar-refractivity contribution in [2.24, 2.45) is 4.99 Å². The van der Waals surface area contributed by atoms with Crippen molar-refractivity contribution in [2.75, 3.05) is 13.7 Å². The molecule has 0 radical (unpaired) electrons. The third-order valence-electron chi connectivity index (χ3n) is 6.27. The predicted molar refractivity (Wildman–Crippen MR) is 144 cm³/mol. The van der Waals surface area contributed by atoms with Gasteiger partial charge in [0.15, 0.2) is 4.80 Å². The number of allylic oxidation sites excluding steroid dienone is 1. The summed E-state index contributed by atoms with van der Waals surface area (Å²) in [5.74, 6) is 0.0861. The first-order valence-corrected chi connectivity index (χ1v) is 12.9. The second-order valence-corrected chi connectivity index (χ2v) is 9.67. The van der Waals surface area contributed by atoms with Crippen LogP contribution in [0.5, 0.6) is 5.75 Å². The van der Waals surface area contributed by atoms with Crippen LogP contribution in [0, 0.1) is 0 Å². The van der Waals surface area contributed by atoms with Crippen LogP contribution in [0.3, 0.4) is 0 Å². The lowest BCUT2D eigenvalue weighted by Crippen LogP contribution is -2.39. The zero-order valence-electron chi connectivity index (χ0n) is 21.3. The fraction of sp³-hybridized carbons (Fsp3) is 0.172. The smallest absolute Gasteiger partial charge is 0.338 e. The molecule has 2 aromatic heterocycles. The number of esters is 1. The number of rotatable bonds is 7. The van der Waals surface area contributed by atoms with Gasteiger partial charge in [-0.25, -0.2) is 14.6 Å². The number of methoxy groups -OCH3 is 1. The van der Waals surface area contributed by atoms with Crippen molar-refractivity contribution in [3.8, 4) is 17.1 Å². The number of aromatic carboxylic acids is 1. The molecule has 0 spiro atoms. The minimum atomic E-state index is -1.01. The minimum Gasteiger partial charge on any atom is -0.497 e. The Balaban J connectivity index is 1.59. The highest BCUT2D eigenvalue weighted by Crippen LogP contribution is 2.31. The number of carboxylic acids is 1. The van der Waals surface area contributed by atoms with Crippen LogP contribution < -0.4 is 19.6 Å². The summed E-state index contributed by atoms with van der Waals surface area (Å²) in [5, 5.41) is 9.11. The van der Waals surface area contributed by atoms with E-state index in [1.54, 1.807) is 63.4 Å². The van der Waals surface area contributed by atoms with Crippen molar-refractivity contribution in [3.63, 3.8) is 0 Å². The standard InChI is InChI=1S/C29H24N2O7S/c1-4-37-28(35)24-16(2)30-29-31(25(24)18-9-11-20(36-3)12-10-18)26(32)23(39-29)15-21-13-14-22(38-21)17-5-7-19(8-6-17)27(33)34/h5-15,25H,4H2,1-3H3,(H,33,34)/b23-15+/t25-/m1/s1.